The van der Waals surface area contributed by atoms with Gasteiger partial charge in [-0.1, -0.05) is 6.92 Å². The van der Waals surface area contributed by atoms with Crippen LogP contribution < -0.4 is 29.0 Å². The zero-order valence-corrected chi connectivity index (χ0v) is 26.9. The molecule has 0 unspecified atom stereocenters. The van der Waals surface area contributed by atoms with Crippen LogP contribution in [0.15, 0.2) is 65.6 Å². The number of anilines is 2. The zero-order chi connectivity index (χ0) is 33.0. The molecule has 0 saturated carbocycles. The fraction of sp³-hybridized carbons (Fsp3) is 0.375. The highest BCUT2D eigenvalue weighted by Gasteiger charge is 2.32. The van der Waals surface area contributed by atoms with Crippen LogP contribution >= 0.6 is 0 Å². The molecule has 13 nitrogen and oxygen atoms in total. The van der Waals surface area contributed by atoms with Gasteiger partial charge in [0.05, 0.1) is 37.6 Å². The third-order valence-corrected chi connectivity index (χ3v) is 9.36. The molecule has 3 aromatic carbocycles. The number of rotatable bonds is 9. The number of hydrogen-bond acceptors (Lipinski definition) is 9. The maximum Gasteiger partial charge on any atom is 0.321 e. The third-order valence-electron chi connectivity index (χ3n) is 7.96. The number of aliphatic hydroxyl groups excluding tert-OH is 1. The molecule has 2 aliphatic heterocycles. The Morgan fingerprint density at radius 3 is 2.48 bits per heavy atom. The predicted molar refractivity (Wildman–Crippen MR) is 170 cm³/mol. The average Bonchev–Trinajstić information content (AvgIpc) is 3.52. The summed E-state index contributed by atoms with van der Waals surface area (Å²) in [5.41, 5.74) is 1.24. The van der Waals surface area contributed by atoms with Gasteiger partial charge in [0.1, 0.15) is 17.6 Å². The number of nitrogens with zero attached hydrogens (tertiary/aromatic N) is 2. The van der Waals surface area contributed by atoms with Gasteiger partial charge < -0.3 is 39.2 Å². The number of hydrogen-bond donors (Lipinski definition) is 3. The topological polar surface area (TPSA) is 156 Å². The number of aliphatic hydroxyl groups is 1. The second-order valence-corrected chi connectivity index (χ2v) is 13.1. The molecule has 3 amide bonds. The highest BCUT2D eigenvalue weighted by atomic mass is 32.2. The maximum atomic E-state index is 13.5. The van der Waals surface area contributed by atoms with Crippen molar-refractivity contribution in [1.29, 1.82) is 0 Å². The van der Waals surface area contributed by atoms with Crippen molar-refractivity contribution in [2.45, 2.75) is 37.3 Å². The Morgan fingerprint density at radius 1 is 1.07 bits per heavy atom. The summed E-state index contributed by atoms with van der Waals surface area (Å²) in [5.74, 6) is 1.55. The molecule has 0 fully saturated rings. The molecule has 2 aliphatic rings. The molecule has 246 valence electrons. The SMILES string of the molecule is COc1ccc(S(=O)(=O)Nc2ccc3c(c2)CC(=O)N([C@@H](C)CO)C[C@@H](C)[C@H](CN(C)C(=O)Nc2ccc4c(c2)OCO4)O3)cc1. The molecule has 3 atom stereocenters. The predicted octanol–water partition coefficient (Wildman–Crippen LogP) is 3.54. The normalized spacial score (nSPS) is 18.3. The number of fused-ring (bicyclic) bond motifs is 2. The summed E-state index contributed by atoms with van der Waals surface area (Å²) in [7, 11) is -0.811. The van der Waals surface area contributed by atoms with Crippen LogP contribution in [0.4, 0.5) is 16.2 Å². The maximum absolute atomic E-state index is 13.5. The second kappa shape index (κ2) is 13.7. The molecule has 5 rings (SSSR count). The van der Waals surface area contributed by atoms with Crippen LogP contribution in [0.2, 0.25) is 0 Å². The van der Waals surface area contributed by atoms with E-state index in [1.165, 1.54) is 24.1 Å². The van der Waals surface area contributed by atoms with Gasteiger partial charge in [-0.2, -0.15) is 0 Å². The first-order valence-corrected chi connectivity index (χ1v) is 16.2. The van der Waals surface area contributed by atoms with E-state index in [1.807, 2.05) is 6.92 Å². The number of nitrogens with one attached hydrogen (secondary N) is 2. The lowest BCUT2D eigenvalue weighted by Crippen LogP contribution is -2.48. The van der Waals surface area contributed by atoms with E-state index >= 15 is 0 Å². The Bertz CT molecular complexity index is 1680. The number of methoxy groups -OCH3 is 1. The number of benzene rings is 3. The number of carbonyl (C=O) groups excluding carboxylic acids is 2. The summed E-state index contributed by atoms with van der Waals surface area (Å²) < 4.78 is 51.1. The smallest absolute Gasteiger partial charge is 0.321 e. The number of likely N-dealkylation sites (N-methyl/N-ethyl adjacent to an activating group) is 1. The van der Waals surface area contributed by atoms with Gasteiger partial charge in [-0.05, 0) is 61.5 Å². The Labute approximate surface area is 268 Å². The Kier molecular flexibility index (Phi) is 9.77. The van der Waals surface area contributed by atoms with Crippen molar-refractivity contribution in [2.75, 3.05) is 50.7 Å². The number of urea groups is 1. The van der Waals surface area contributed by atoms with E-state index in [0.29, 0.717) is 34.2 Å². The number of ether oxygens (including phenoxy) is 4. The number of amides is 3. The standard InChI is InChI=1S/C32H38N4O9S/c1-20-16-36(21(2)18-37)31(38)14-22-13-24(34-46(40,41)26-9-7-25(42-4)8-10-26)6-11-27(22)45-30(20)17-35(3)32(39)33-23-5-12-28-29(15-23)44-19-43-28/h5-13,15,20-21,30,34,37H,14,16-19H2,1-4H3,(H,33,39)/t20-,21+,30+/m1/s1. The van der Waals surface area contributed by atoms with Gasteiger partial charge in [-0.25, -0.2) is 13.2 Å². The molecule has 0 bridgehead atoms. The molecular weight excluding hydrogens is 616 g/mol. The number of carbonyl (C=O) groups is 2. The minimum absolute atomic E-state index is 0.0445. The summed E-state index contributed by atoms with van der Waals surface area (Å²) in [6, 6.07) is 15.0. The van der Waals surface area contributed by atoms with Crippen molar-refractivity contribution < 1.29 is 42.1 Å². The van der Waals surface area contributed by atoms with Crippen LogP contribution in [0, 0.1) is 5.92 Å². The molecule has 0 aliphatic carbocycles. The van der Waals surface area contributed by atoms with Crippen LogP contribution in [0.1, 0.15) is 19.4 Å². The molecule has 2 heterocycles. The Hall–Kier alpha value is -4.69. The summed E-state index contributed by atoms with van der Waals surface area (Å²) in [6.45, 7) is 3.99. The minimum atomic E-state index is -3.95. The van der Waals surface area contributed by atoms with Gasteiger partial charge in [0.15, 0.2) is 11.5 Å². The lowest BCUT2D eigenvalue weighted by atomic mass is 10.0. The van der Waals surface area contributed by atoms with Crippen LogP contribution in [0.5, 0.6) is 23.0 Å². The fourth-order valence-corrected chi connectivity index (χ4v) is 6.28. The fourth-order valence-electron chi connectivity index (χ4n) is 5.23. The van der Waals surface area contributed by atoms with Crippen LogP contribution in [0.3, 0.4) is 0 Å². The first-order valence-electron chi connectivity index (χ1n) is 14.8. The first kappa shape index (κ1) is 32.7. The van der Waals surface area contributed by atoms with Gasteiger partial charge in [-0.15, -0.1) is 0 Å². The van der Waals surface area contributed by atoms with Crippen molar-refractivity contribution in [2.24, 2.45) is 5.92 Å². The highest BCUT2D eigenvalue weighted by molar-refractivity contribution is 7.92. The average molecular weight is 655 g/mol. The quantitative estimate of drug-likeness (QED) is 0.314. The van der Waals surface area contributed by atoms with Crippen LogP contribution in [0.25, 0.3) is 0 Å². The monoisotopic (exact) mass is 654 g/mol. The van der Waals surface area contributed by atoms with E-state index in [1.54, 1.807) is 67.4 Å². The van der Waals surface area contributed by atoms with Crippen LogP contribution in [-0.2, 0) is 21.2 Å². The molecule has 3 N–H and O–H groups in total. The van der Waals surface area contributed by atoms with Crippen molar-refractivity contribution in [3.63, 3.8) is 0 Å². The van der Waals surface area contributed by atoms with Gasteiger partial charge in [0.25, 0.3) is 10.0 Å². The van der Waals surface area contributed by atoms with Gasteiger partial charge in [0.2, 0.25) is 12.7 Å². The Morgan fingerprint density at radius 2 is 1.76 bits per heavy atom. The minimum Gasteiger partial charge on any atom is -0.497 e. The largest absolute Gasteiger partial charge is 0.497 e. The van der Waals surface area contributed by atoms with E-state index in [2.05, 4.69) is 10.0 Å². The summed E-state index contributed by atoms with van der Waals surface area (Å²) in [6.07, 6.45) is -0.648. The summed E-state index contributed by atoms with van der Waals surface area (Å²) >= 11 is 0. The molecule has 3 aromatic rings. The van der Waals surface area contributed by atoms with E-state index in [0.717, 1.165) is 0 Å². The molecule has 0 saturated heterocycles. The molecule has 0 aromatic heterocycles. The van der Waals surface area contributed by atoms with Crippen molar-refractivity contribution in [3.8, 4) is 23.0 Å². The van der Waals surface area contributed by atoms with Gasteiger partial charge >= 0.3 is 6.03 Å². The molecule has 0 spiro atoms. The van der Waals surface area contributed by atoms with Crippen LogP contribution in [-0.4, -0.2) is 88.1 Å². The van der Waals surface area contributed by atoms with Crippen molar-refractivity contribution >= 4 is 33.3 Å². The first-order chi connectivity index (χ1) is 22.0. The summed E-state index contributed by atoms with van der Waals surface area (Å²) in [4.78, 5) is 29.8. The van der Waals surface area contributed by atoms with E-state index in [9.17, 15) is 23.1 Å². The Balaban J connectivity index is 1.38. The van der Waals surface area contributed by atoms with Gasteiger partial charge in [0, 0.05) is 42.5 Å². The zero-order valence-electron chi connectivity index (χ0n) is 26.1. The lowest BCUT2D eigenvalue weighted by Gasteiger charge is -2.34. The van der Waals surface area contributed by atoms with E-state index < -0.39 is 22.2 Å². The molecular formula is C32H38N4O9S. The van der Waals surface area contributed by atoms with Gasteiger partial charge in [-0.3, -0.25) is 9.52 Å². The van der Waals surface area contributed by atoms with Crippen molar-refractivity contribution in [1.82, 2.24) is 9.80 Å². The highest BCUT2D eigenvalue weighted by Crippen LogP contribution is 2.34. The molecule has 14 heteroatoms. The summed E-state index contributed by atoms with van der Waals surface area (Å²) in [5, 5.41) is 12.8. The number of sulfonamides is 1. The molecule has 46 heavy (non-hydrogen) atoms. The van der Waals surface area contributed by atoms with E-state index in [4.69, 9.17) is 18.9 Å². The molecule has 0 radical (unpaired) electrons. The van der Waals surface area contributed by atoms with E-state index in [-0.39, 0.29) is 61.3 Å². The third kappa shape index (κ3) is 7.40. The second-order valence-electron chi connectivity index (χ2n) is 11.4. The van der Waals surface area contributed by atoms with Crippen molar-refractivity contribution in [3.05, 3.63) is 66.2 Å². The lowest BCUT2D eigenvalue weighted by molar-refractivity contribution is -0.134.